The lowest BCUT2D eigenvalue weighted by molar-refractivity contribution is -0.114. The molecule has 30 heavy (non-hydrogen) atoms. The lowest BCUT2D eigenvalue weighted by atomic mass is 10.1. The Labute approximate surface area is 181 Å². The summed E-state index contributed by atoms with van der Waals surface area (Å²) in [6.07, 6.45) is 0. The molecule has 3 aromatic rings. The first-order chi connectivity index (χ1) is 14.4. The maximum atomic E-state index is 12.5. The van der Waals surface area contributed by atoms with E-state index in [1.165, 1.54) is 0 Å². The van der Waals surface area contributed by atoms with Gasteiger partial charge in [0.2, 0.25) is 5.91 Å². The third-order valence-corrected chi connectivity index (χ3v) is 5.20. The summed E-state index contributed by atoms with van der Waals surface area (Å²) < 4.78 is 0. The van der Waals surface area contributed by atoms with Gasteiger partial charge in [0.1, 0.15) is 0 Å². The van der Waals surface area contributed by atoms with Crippen LogP contribution in [0.25, 0.3) is 0 Å². The van der Waals surface area contributed by atoms with Crippen molar-refractivity contribution in [1.82, 2.24) is 5.32 Å². The molecule has 1 atom stereocenters. The average Bonchev–Trinajstić information content (AvgIpc) is 2.76. The largest absolute Gasteiger partial charge is 0.376 e. The van der Waals surface area contributed by atoms with E-state index in [9.17, 15) is 9.59 Å². The van der Waals surface area contributed by atoms with Crippen LogP contribution in [0.15, 0.2) is 72.8 Å². The zero-order valence-electron chi connectivity index (χ0n) is 16.9. The summed E-state index contributed by atoms with van der Waals surface area (Å²) in [6.45, 7) is 3.90. The molecule has 0 fully saturated rings. The van der Waals surface area contributed by atoms with Crippen LogP contribution >= 0.6 is 11.6 Å². The molecule has 0 bridgehead atoms. The normalized spacial score (nSPS) is 11.4. The molecule has 6 heteroatoms. The third kappa shape index (κ3) is 5.61. The Morgan fingerprint density at radius 3 is 2.33 bits per heavy atom. The third-order valence-electron chi connectivity index (χ3n) is 4.79. The van der Waals surface area contributed by atoms with Gasteiger partial charge in [-0.15, -0.1) is 0 Å². The van der Waals surface area contributed by atoms with Gasteiger partial charge in [-0.25, -0.2) is 0 Å². The number of hydrogen-bond donors (Lipinski definition) is 3. The minimum Gasteiger partial charge on any atom is -0.376 e. The molecule has 3 aromatic carbocycles. The van der Waals surface area contributed by atoms with Crippen LogP contribution in [-0.4, -0.2) is 18.4 Å². The highest BCUT2D eigenvalue weighted by molar-refractivity contribution is 6.31. The van der Waals surface area contributed by atoms with Crippen molar-refractivity contribution >= 4 is 34.8 Å². The molecule has 0 spiro atoms. The molecule has 2 amide bonds. The van der Waals surface area contributed by atoms with Crippen LogP contribution in [0.4, 0.5) is 11.4 Å². The molecule has 0 aliphatic rings. The first kappa shape index (κ1) is 21.4. The van der Waals surface area contributed by atoms with E-state index in [4.69, 9.17) is 11.6 Å². The standard InChI is InChI=1S/C24H24ClN3O2/c1-16-21(25)9-6-10-22(16)28-23(29)15-26-20-13-11-19(12-14-20)24(30)27-17(2)18-7-4-3-5-8-18/h3-14,17,26H,15H2,1-2H3,(H,27,30)(H,28,29). The van der Waals surface area contributed by atoms with E-state index in [1.54, 1.807) is 36.4 Å². The second kappa shape index (κ2) is 9.94. The van der Waals surface area contributed by atoms with Crippen molar-refractivity contribution in [3.05, 3.63) is 94.5 Å². The van der Waals surface area contributed by atoms with Gasteiger partial charge in [0.05, 0.1) is 12.6 Å². The fourth-order valence-corrected chi connectivity index (χ4v) is 3.14. The molecule has 0 aliphatic heterocycles. The molecule has 0 aliphatic carbocycles. The smallest absolute Gasteiger partial charge is 0.251 e. The average molecular weight is 422 g/mol. The van der Waals surface area contributed by atoms with E-state index < -0.39 is 0 Å². The van der Waals surface area contributed by atoms with Crippen molar-refractivity contribution in [2.45, 2.75) is 19.9 Å². The number of hydrogen-bond acceptors (Lipinski definition) is 3. The topological polar surface area (TPSA) is 70.2 Å². The van der Waals surface area contributed by atoms with Gasteiger partial charge in [-0.05, 0) is 61.4 Å². The molecule has 0 aromatic heterocycles. The van der Waals surface area contributed by atoms with E-state index in [2.05, 4.69) is 16.0 Å². The van der Waals surface area contributed by atoms with E-state index >= 15 is 0 Å². The molecular weight excluding hydrogens is 398 g/mol. The molecule has 0 saturated carbocycles. The second-order valence-corrected chi connectivity index (χ2v) is 7.40. The predicted octanol–water partition coefficient (Wildman–Crippen LogP) is 5.19. The van der Waals surface area contributed by atoms with Crippen molar-refractivity contribution in [1.29, 1.82) is 0 Å². The van der Waals surface area contributed by atoms with E-state index in [1.807, 2.05) is 50.2 Å². The Bertz CT molecular complexity index is 1020. The van der Waals surface area contributed by atoms with Gasteiger partial charge in [-0.3, -0.25) is 9.59 Å². The van der Waals surface area contributed by atoms with Crippen LogP contribution < -0.4 is 16.0 Å². The monoisotopic (exact) mass is 421 g/mol. The molecule has 1 unspecified atom stereocenters. The predicted molar refractivity (Wildman–Crippen MR) is 122 cm³/mol. The lowest BCUT2D eigenvalue weighted by Crippen LogP contribution is -2.26. The fraction of sp³-hybridized carbons (Fsp3) is 0.167. The molecule has 3 rings (SSSR count). The quantitative estimate of drug-likeness (QED) is 0.491. The Balaban J connectivity index is 1.52. The van der Waals surface area contributed by atoms with Crippen molar-refractivity contribution in [2.24, 2.45) is 0 Å². The van der Waals surface area contributed by atoms with Crippen LogP contribution in [0.2, 0.25) is 5.02 Å². The molecular formula is C24H24ClN3O2. The minimum atomic E-state index is -0.182. The van der Waals surface area contributed by atoms with Gasteiger partial charge in [0, 0.05) is 22.0 Å². The summed E-state index contributed by atoms with van der Waals surface area (Å²) in [5.41, 5.74) is 3.87. The summed E-state index contributed by atoms with van der Waals surface area (Å²) in [5.74, 6) is -0.328. The van der Waals surface area contributed by atoms with Crippen LogP contribution in [0.3, 0.4) is 0 Å². The molecule has 154 valence electrons. The number of anilines is 2. The first-order valence-corrected chi connectivity index (χ1v) is 10.1. The molecule has 3 N–H and O–H groups in total. The Morgan fingerprint density at radius 2 is 1.63 bits per heavy atom. The second-order valence-electron chi connectivity index (χ2n) is 7.00. The summed E-state index contributed by atoms with van der Waals surface area (Å²) >= 11 is 6.08. The van der Waals surface area contributed by atoms with Crippen LogP contribution in [0, 0.1) is 6.92 Å². The Morgan fingerprint density at radius 1 is 0.933 bits per heavy atom. The van der Waals surface area contributed by atoms with Gasteiger partial charge >= 0.3 is 0 Å². The summed E-state index contributed by atoms with van der Waals surface area (Å²) in [5, 5.41) is 9.49. The molecule has 5 nitrogen and oxygen atoms in total. The maximum absolute atomic E-state index is 12.5. The van der Waals surface area contributed by atoms with E-state index in [0.29, 0.717) is 16.3 Å². The number of amides is 2. The van der Waals surface area contributed by atoms with Crippen molar-refractivity contribution in [3.8, 4) is 0 Å². The Hall–Kier alpha value is -3.31. The highest BCUT2D eigenvalue weighted by Crippen LogP contribution is 2.22. The van der Waals surface area contributed by atoms with Gasteiger partial charge in [0.15, 0.2) is 0 Å². The van der Waals surface area contributed by atoms with Crippen molar-refractivity contribution in [2.75, 3.05) is 17.2 Å². The summed E-state index contributed by atoms with van der Waals surface area (Å²) in [6, 6.07) is 22.1. The Kier molecular flexibility index (Phi) is 7.09. The SMILES string of the molecule is Cc1c(Cl)cccc1NC(=O)CNc1ccc(C(=O)NC(C)c2ccccc2)cc1. The van der Waals surface area contributed by atoms with Crippen LogP contribution in [-0.2, 0) is 4.79 Å². The highest BCUT2D eigenvalue weighted by Gasteiger charge is 2.11. The maximum Gasteiger partial charge on any atom is 0.251 e. The summed E-state index contributed by atoms with van der Waals surface area (Å²) in [4.78, 5) is 24.7. The van der Waals surface area contributed by atoms with Gasteiger partial charge < -0.3 is 16.0 Å². The number of carbonyl (C=O) groups excluding carboxylic acids is 2. The van der Waals surface area contributed by atoms with E-state index in [-0.39, 0.29) is 24.4 Å². The number of carbonyl (C=O) groups is 2. The number of benzene rings is 3. The first-order valence-electron chi connectivity index (χ1n) is 9.69. The number of halogens is 1. The van der Waals surface area contributed by atoms with Gasteiger partial charge in [-0.2, -0.15) is 0 Å². The van der Waals surface area contributed by atoms with Crippen LogP contribution in [0.1, 0.15) is 34.5 Å². The molecule has 0 saturated heterocycles. The number of rotatable bonds is 7. The van der Waals surface area contributed by atoms with Gasteiger partial charge in [-0.1, -0.05) is 48.0 Å². The molecule has 0 heterocycles. The highest BCUT2D eigenvalue weighted by atomic mass is 35.5. The van der Waals surface area contributed by atoms with Gasteiger partial charge in [0.25, 0.3) is 5.91 Å². The van der Waals surface area contributed by atoms with Crippen molar-refractivity contribution in [3.63, 3.8) is 0 Å². The fourth-order valence-electron chi connectivity index (χ4n) is 2.96. The summed E-state index contributed by atoms with van der Waals surface area (Å²) in [7, 11) is 0. The van der Waals surface area contributed by atoms with Crippen LogP contribution in [0.5, 0.6) is 0 Å². The molecule has 0 radical (unpaired) electrons. The number of nitrogens with one attached hydrogen (secondary N) is 3. The zero-order chi connectivity index (χ0) is 21.5. The van der Waals surface area contributed by atoms with Crippen molar-refractivity contribution < 1.29 is 9.59 Å². The van der Waals surface area contributed by atoms with E-state index in [0.717, 1.165) is 16.8 Å². The minimum absolute atomic E-state index is 0.0878. The lowest BCUT2D eigenvalue weighted by Gasteiger charge is -2.14. The zero-order valence-corrected chi connectivity index (χ0v) is 17.7.